The minimum absolute atomic E-state index is 0.0252. The summed E-state index contributed by atoms with van der Waals surface area (Å²) in [4.78, 5) is 13.6. The maximum atomic E-state index is 13.6. The predicted octanol–water partition coefficient (Wildman–Crippen LogP) is 3.90. The van der Waals surface area contributed by atoms with E-state index in [0.717, 1.165) is 12.0 Å². The van der Waals surface area contributed by atoms with Crippen LogP contribution >= 0.6 is 0 Å². The smallest absolute Gasteiger partial charge is 0.286 e. The Labute approximate surface area is 190 Å². The molecule has 0 bridgehead atoms. The van der Waals surface area contributed by atoms with Crippen LogP contribution in [0.5, 0.6) is 5.75 Å². The molecular formula is C25H21N3O4S. The molecule has 8 heteroatoms. The number of hydrogen-bond acceptors (Lipinski definition) is 5. The molecule has 7 nitrogen and oxygen atoms in total. The van der Waals surface area contributed by atoms with Crippen molar-refractivity contribution >= 4 is 32.4 Å². The highest BCUT2D eigenvalue weighted by Crippen LogP contribution is 2.32. The first kappa shape index (κ1) is 21.0. The Kier molecular flexibility index (Phi) is 5.22. The molecule has 1 aliphatic rings. The van der Waals surface area contributed by atoms with E-state index in [1.807, 2.05) is 30.3 Å². The fraction of sp³-hybridized carbons (Fsp3) is 0.120. The third-order valence-corrected chi connectivity index (χ3v) is 7.04. The van der Waals surface area contributed by atoms with E-state index in [4.69, 9.17) is 0 Å². The third kappa shape index (κ3) is 3.78. The largest absolute Gasteiger partial charge is 0.506 e. The van der Waals surface area contributed by atoms with Crippen LogP contribution in [0.4, 0.5) is 5.69 Å². The van der Waals surface area contributed by atoms with Crippen LogP contribution in [-0.4, -0.2) is 23.9 Å². The third-order valence-electron chi connectivity index (χ3n) is 5.70. The average Bonchev–Trinajstić information content (AvgIpc) is 2.82. The molecule has 0 radical (unpaired) electrons. The van der Waals surface area contributed by atoms with Crippen molar-refractivity contribution in [3.8, 4) is 5.75 Å². The van der Waals surface area contributed by atoms with Crippen molar-refractivity contribution in [2.45, 2.75) is 24.3 Å². The van der Waals surface area contributed by atoms with Gasteiger partial charge in [-0.05, 0) is 42.7 Å². The maximum absolute atomic E-state index is 13.6. The summed E-state index contributed by atoms with van der Waals surface area (Å²) in [6, 6.07) is 23.3. The number of nitrogens with one attached hydrogen (secondary N) is 1. The maximum Gasteiger partial charge on any atom is 0.286 e. The second-order valence-corrected chi connectivity index (χ2v) is 9.40. The van der Waals surface area contributed by atoms with Crippen LogP contribution in [0.25, 0.3) is 10.9 Å². The molecule has 166 valence electrons. The number of nitrogens with zero attached hydrogens (tertiary/aromatic N) is 2. The molecule has 0 spiro atoms. The van der Waals surface area contributed by atoms with E-state index in [2.05, 4.69) is 9.71 Å². The monoisotopic (exact) mass is 459 g/mol. The molecule has 33 heavy (non-hydrogen) atoms. The summed E-state index contributed by atoms with van der Waals surface area (Å²) < 4.78 is 30.9. The predicted molar refractivity (Wildman–Crippen MR) is 128 cm³/mol. The van der Waals surface area contributed by atoms with E-state index >= 15 is 0 Å². The lowest BCUT2D eigenvalue weighted by atomic mass is 10.1. The number of anilines is 1. The summed E-state index contributed by atoms with van der Waals surface area (Å²) in [6.07, 6.45) is 1.47. The van der Waals surface area contributed by atoms with Gasteiger partial charge in [0, 0.05) is 11.9 Å². The van der Waals surface area contributed by atoms with Crippen LogP contribution < -0.4 is 10.9 Å². The number of sulfonamides is 1. The number of benzene rings is 3. The normalized spacial score (nSPS) is 14.4. The van der Waals surface area contributed by atoms with E-state index in [-0.39, 0.29) is 22.0 Å². The lowest BCUT2D eigenvalue weighted by Gasteiger charge is -2.20. The Bertz CT molecular complexity index is 1560. The summed E-state index contributed by atoms with van der Waals surface area (Å²) in [5.41, 5.74) is 1.39. The zero-order valence-electron chi connectivity index (χ0n) is 17.6. The first-order valence-electron chi connectivity index (χ1n) is 10.6. The molecule has 5 rings (SSSR count). The van der Waals surface area contributed by atoms with Crippen LogP contribution in [0, 0.1) is 0 Å². The SMILES string of the molecule is O=c1c(C2=NS(=O)(=O)c3ccccc3N2)c(O)c2ccccc2n1CCCc1ccccc1. The Morgan fingerprint density at radius 1 is 0.909 bits per heavy atom. The topological polar surface area (TPSA) is 101 Å². The van der Waals surface area contributed by atoms with Crippen molar-refractivity contribution in [2.75, 3.05) is 5.32 Å². The van der Waals surface area contributed by atoms with Crippen LogP contribution in [0.1, 0.15) is 17.5 Å². The first-order valence-corrected chi connectivity index (χ1v) is 12.0. The number of rotatable bonds is 5. The average molecular weight is 460 g/mol. The summed E-state index contributed by atoms with van der Waals surface area (Å²) >= 11 is 0. The van der Waals surface area contributed by atoms with Crippen LogP contribution in [0.2, 0.25) is 0 Å². The lowest BCUT2D eigenvalue weighted by Crippen LogP contribution is -2.32. The summed E-state index contributed by atoms with van der Waals surface area (Å²) in [5, 5.41) is 14.4. The molecule has 0 amide bonds. The van der Waals surface area contributed by atoms with Crippen molar-refractivity contribution in [2.24, 2.45) is 4.40 Å². The van der Waals surface area contributed by atoms with Gasteiger partial charge in [-0.2, -0.15) is 8.42 Å². The highest BCUT2D eigenvalue weighted by atomic mass is 32.2. The van der Waals surface area contributed by atoms with Crippen molar-refractivity contribution in [3.63, 3.8) is 0 Å². The van der Waals surface area contributed by atoms with Gasteiger partial charge in [0.1, 0.15) is 16.2 Å². The molecule has 0 saturated heterocycles. The number of aromatic hydroxyl groups is 1. The van der Waals surface area contributed by atoms with Gasteiger partial charge < -0.3 is 15.0 Å². The van der Waals surface area contributed by atoms with Gasteiger partial charge in [-0.3, -0.25) is 4.79 Å². The zero-order valence-corrected chi connectivity index (χ0v) is 18.4. The molecule has 2 heterocycles. The standard InChI is InChI=1S/C25H21N3O4S/c29-23-18-12-4-6-14-20(18)28(16-8-11-17-9-2-1-3-10-17)25(30)22(23)24-26-19-13-5-7-15-21(19)33(31,32)27-24/h1-7,9-10,12-15,29H,8,11,16H2,(H,26,27). The number of para-hydroxylation sites is 2. The molecule has 0 atom stereocenters. The second-order valence-electron chi connectivity index (χ2n) is 7.82. The molecular weight excluding hydrogens is 438 g/mol. The number of aryl methyl sites for hydroxylation is 2. The molecule has 0 aliphatic carbocycles. The highest BCUT2D eigenvalue weighted by Gasteiger charge is 2.29. The van der Waals surface area contributed by atoms with Gasteiger partial charge in [-0.15, -0.1) is 4.40 Å². The number of pyridine rings is 1. The Morgan fingerprint density at radius 3 is 2.42 bits per heavy atom. The minimum atomic E-state index is -4.03. The first-order chi connectivity index (χ1) is 16.0. The van der Waals surface area contributed by atoms with Crippen molar-refractivity contribution in [1.29, 1.82) is 0 Å². The minimum Gasteiger partial charge on any atom is -0.506 e. The Balaban J connectivity index is 1.62. The number of aromatic nitrogens is 1. The van der Waals surface area contributed by atoms with E-state index in [9.17, 15) is 18.3 Å². The lowest BCUT2D eigenvalue weighted by molar-refractivity contribution is 0.477. The molecule has 0 unspecified atom stereocenters. The van der Waals surface area contributed by atoms with E-state index < -0.39 is 15.6 Å². The van der Waals surface area contributed by atoms with Gasteiger partial charge in [0.05, 0.1) is 11.2 Å². The van der Waals surface area contributed by atoms with Crippen LogP contribution in [-0.2, 0) is 23.0 Å². The van der Waals surface area contributed by atoms with Crippen molar-refractivity contribution < 1.29 is 13.5 Å². The van der Waals surface area contributed by atoms with Gasteiger partial charge in [-0.1, -0.05) is 54.6 Å². The molecule has 3 aromatic carbocycles. The zero-order chi connectivity index (χ0) is 23.0. The summed E-state index contributed by atoms with van der Waals surface area (Å²) in [7, 11) is -4.03. The highest BCUT2D eigenvalue weighted by molar-refractivity contribution is 7.90. The van der Waals surface area contributed by atoms with E-state index in [1.165, 1.54) is 6.07 Å². The molecule has 4 aromatic rings. The van der Waals surface area contributed by atoms with E-state index in [0.29, 0.717) is 29.6 Å². The van der Waals surface area contributed by atoms with Gasteiger partial charge in [0.15, 0.2) is 5.84 Å². The molecule has 0 saturated carbocycles. The second kappa shape index (κ2) is 8.22. The van der Waals surface area contributed by atoms with Gasteiger partial charge in [-0.25, -0.2) is 0 Å². The molecule has 1 aliphatic heterocycles. The quantitative estimate of drug-likeness (QED) is 0.471. The summed E-state index contributed by atoms with van der Waals surface area (Å²) in [6.45, 7) is 0.401. The molecule has 2 N–H and O–H groups in total. The van der Waals surface area contributed by atoms with Gasteiger partial charge >= 0.3 is 0 Å². The Morgan fingerprint density at radius 2 is 1.61 bits per heavy atom. The molecule has 0 fully saturated rings. The van der Waals surface area contributed by atoms with Gasteiger partial charge in [0.2, 0.25) is 0 Å². The van der Waals surface area contributed by atoms with Crippen molar-refractivity contribution in [1.82, 2.24) is 4.57 Å². The number of hydrogen-bond donors (Lipinski definition) is 2. The number of amidine groups is 1. The fourth-order valence-corrected chi connectivity index (χ4v) is 5.26. The van der Waals surface area contributed by atoms with Crippen LogP contribution in [0.15, 0.2) is 93.0 Å². The number of fused-ring (bicyclic) bond motifs is 2. The summed E-state index contributed by atoms with van der Waals surface area (Å²) in [5.74, 6) is -0.477. The molecule has 1 aromatic heterocycles. The fourth-order valence-electron chi connectivity index (χ4n) is 4.13. The van der Waals surface area contributed by atoms with Gasteiger partial charge in [0.25, 0.3) is 15.6 Å². The van der Waals surface area contributed by atoms with Crippen molar-refractivity contribution in [3.05, 3.63) is 100 Å². The van der Waals surface area contributed by atoms with Crippen LogP contribution in [0.3, 0.4) is 0 Å². The van der Waals surface area contributed by atoms with E-state index in [1.54, 1.807) is 47.0 Å². The Hall–Kier alpha value is -3.91.